The van der Waals surface area contributed by atoms with E-state index in [0.29, 0.717) is 6.54 Å². The van der Waals surface area contributed by atoms with Gasteiger partial charge >= 0.3 is 6.03 Å². The number of carbonyl (C=O) groups excluding carboxylic acids is 2. The molecule has 2 aromatic carbocycles. The van der Waals surface area contributed by atoms with Crippen molar-refractivity contribution in [2.45, 2.75) is 37.5 Å². The summed E-state index contributed by atoms with van der Waals surface area (Å²) in [5.74, 6) is -0.300. The van der Waals surface area contributed by atoms with Crippen LogP contribution < -0.4 is 10.6 Å². The monoisotopic (exact) mass is 342 g/mol. The van der Waals surface area contributed by atoms with Gasteiger partial charge in [-0.15, -0.1) is 11.8 Å². The zero-order valence-corrected chi connectivity index (χ0v) is 14.9. The van der Waals surface area contributed by atoms with Gasteiger partial charge in [-0.3, -0.25) is 10.1 Å². The van der Waals surface area contributed by atoms with Gasteiger partial charge in [0, 0.05) is 11.4 Å². The molecule has 126 valence electrons. The molecule has 0 spiro atoms. The summed E-state index contributed by atoms with van der Waals surface area (Å²) in [6, 6.07) is 15.2. The van der Waals surface area contributed by atoms with Gasteiger partial charge in [0.25, 0.3) is 0 Å². The molecular weight excluding hydrogens is 320 g/mol. The van der Waals surface area contributed by atoms with Crippen LogP contribution in [-0.4, -0.2) is 17.2 Å². The van der Waals surface area contributed by atoms with Crippen LogP contribution in [0.1, 0.15) is 23.6 Å². The molecule has 0 heterocycles. The third kappa shape index (κ3) is 5.42. The minimum Gasteiger partial charge on any atom is -0.334 e. The SMILES string of the molecule is Cc1ccc(S[C@H](C)C(=O)NC(=O)NCc2ccccc2)c(C)c1. The molecule has 0 radical (unpaired) electrons. The van der Waals surface area contributed by atoms with Gasteiger partial charge in [0.1, 0.15) is 0 Å². The van der Waals surface area contributed by atoms with Crippen molar-refractivity contribution in [1.82, 2.24) is 10.6 Å². The highest BCUT2D eigenvalue weighted by Gasteiger charge is 2.17. The lowest BCUT2D eigenvalue weighted by Crippen LogP contribution is -2.42. The fourth-order valence-electron chi connectivity index (χ4n) is 2.21. The predicted octanol–water partition coefficient (Wildman–Crippen LogP) is 3.81. The Morgan fingerprint density at radius 1 is 1.08 bits per heavy atom. The topological polar surface area (TPSA) is 58.2 Å². The summed E-state index contributed by atoms with van der Waals surface area (Å²) in [5, 5.41) is 4.73. The molecule has 0 aliphatic carbocycles. The first kappa shape index (κ1) is 18.1. The molecule has 0 aliphatic rings. The molecule has 0 saturated heterocycles. The maximum Gasteiger partial charge on any atom is 0.321 e. The van der Waals surface area contributed by atoms with E-state index in [9.17, 15) is 9.59 Å². The predicted molar refractivity (Wildman–Crippen MR) is 98.1 cm³/mol. The number of hydrogen-bond donors (Lipinski definition) is 2. The van der Waals surface area contributed by atoms with Crippen molar-refractivity contribution >= 4 is 23.7 Å². The zero-order chi connectivity index (χ0) is 17.5. The molecule has 3 amide bonds. The fraction of sp³-hybridized carbons (Fsp3) is 0.263. The Kier molecular flexibility index (Phi) is 6.44. The molecule has 4 nitrogen and oxygen atoms in total. The second kappa shape index (κ2) is 8.55. The second-order valence-corrected chi connectivity index (χ2v) is 7.07. The van der Waals surface area contributed by atoms with Crippen LogP contribution in [0.15, 0.2) is 53.4 Å². The number of imide groups is 1. The summed E-state index contributed by atoms with van der Waals surface area (Å²) in [7, 11) is 0. The van der Waals surface area contributed by atoms with Crippen LogP contribution in [0.4, 0.5) is 4.79 Å². The number of rotatable bonds is 5. The summed E-state index contributed by atoms with van der Waals surface area (Å²) in [4.78, 5) is 25.0. The van der Waals surface area contributed by atoms with Crippen LogP contribution in [0, 0.1) is 13.8 Å². The zero-order valence-electron chi connectivity index (χ0n) is 14.1. The van der Waals surface area contributed by atoms with E-state index >= 15 is 0 Å². The molecule has 0 aromatic heterocycles. The van der Waals surface area contributed by atoms with Crippen LogP contribution >= 0.6 is 11.8 Å². The highest BCUT2D eigenvalue weighted by Crippen LogP contribution is 2.27. The normalized spacial score (nSPS) is 11.6. The molecule has 2 aromatic rings. The second-order valence-electron chi connectivity index (χ2n) is 5.69. The van der Waals surface area contributed by atoms with Crippen LogP contribution in [0.2, 0.25) is 0 Å². The Bertz CT molecular complexity index is 717. The van der Waals surface area contributed by atoms with E-state index in [1.165, 1.54) is 17.3 Å². The Labute approximate surface area is 147 Å². The average molecular weight is 342 g/mol. The number of urea groups is 1. The first-order chi connectivity index (χ1) is 11.5. The number of carbonyl (C=O) groups is 2. The minimum absolute atomic E-state index is 0.300. The van der Waals surface area contributed by atoms with E-state index in [0.717, 1.165) is 16.0 Å². The minimum atomic E-state index is -0.475. The summed E-state index contributed by atoms with van der Waals surface area (Å²) < 4.78 is 0. The van der Waals surface area contributed by atoms with Gasteiger partial charge in [0.2, 0.25) is 5.91 Å². The van der Waals surface area contributed by atoms with E-state index in [-0.39, 0.29) is 11.2 Å². The van der Waals surface area contributed by atoms with Gasteiger partial charge < -0.3 is 5.32 Å². The first-order valence-corrected chi connectivity index (χ1v) is 8.70. The van der Waals surface area contributed by atoms with Crippen molar-refractivity contribution in [3.63, 3.8) is 0 Å². The molecule has 2 rings (SSSR count). The quantitative estimate of drug-likeness (QED) is 0.812. The van der Waals surface area contributed by atoms with Crippen molar-refractivity contribution in [1.29, 1.82) is 0 Å². The van der Waals surface area contributed by atoms with Crippen molar-refractivity contribution in [3.8, 4) is 0 Å². The molecule has 0 fully saturated rings. The van der Waals surface area contributed by atoms with E-state index in [1.807, 2.05) is 56.3 Å². The Balaban J connectivity index is 1.83. The van der Waals surface area contributed by atoms with Gasteiger partial charge in [-0.25, -0.2) is 4.79 Å². The van der Waals surface area contributed by atoms with Gasteiger partial charge in [0.15, 0.2) is 0 Å². The van der Waals surface area contributed by atoms with Crippen molar-refractivity contribution in [2.75, 3.05) is 0 Å². The fourth-order valence-corrected chi connectivity index (χ4v) is 3.15. The summed E-state index contributed by atoms with van der Waals surface area (Å²) in [6.07, 6.45) is 0. The Morgan fingerprint density at radius 2 is 1.79 bits per heavy atom. The van der Waals surface area contributed by atoms with Gasteiger partial charge in [0.05, 0.1) is 5.25 Å². The first-order valence-electron chi connectivity index (χ1n) is 7.82. The molecule has 24 heavy (non-hydrogen) atoms. The Morgan fingerprint density at radius 3 is 2.46 bits per heavy atom. The molecule has 0 aliphatic heterocycles. The maximum absolute atomic E-state index is 12.2. The molecule has 2 N–H and O–H groups in total. The highest BCUT2D eigenvalue weighted by atomic mass is 32.2. The van der Waals surface area contributed by atoms with Crippen molar-refractivity contribution in [2.24, 2.45) is 0 Å². The third-order valence-electron chi connectivity index (χ3n) is 3.54. The van der Waals surface area contributed by atoms with E-state index in [1.54, 1.807) is 6.92 Å². The Hall–Kier alpha value is -2.27. The number of amides is 3. The molecule has 5 heteroatoms. The molecule has 0 saturated carbocycles. The standard InChI is InChI=1S/C19H22N2O2S/c1-13-9-10-17(14(2)11-13)24-15(3)18(22)21-19(23)20-12-16-7-5-4-6-8-16/h4-11,15H,12H2,1-3H3,(H2,20,21,22,23)/t15-/m1/s1. The van der Waals surface area contributed by atoms with E-state index < -0.39 is 6.03 Å². The lowest BCUT2D eigenvalue weighted by atomic mass is 10.2. The van der Waals surface area contributed by atoms with Crippen LogP contribution in [0.5, 0.6) is 0 Å². The van der Waals surface area contributed by atoms with Crippen LogP contribution in [0.3, 0.4) is 0 Å². The lowest BCUT2D eigenvalue weighted by molar-refractivity contribution is -0.119. The van der Waals surface area contributed by atoms with Gasteiger partial charge in [-0.05, 0) is 38.0 Å². The number of aryl methyl sites for hydroxylation is 2. The number of hydrogen-bond acceptors (Lipinski definition) is 3. The number of benzene rings is 2. The van der Waals surface area contributed by atoms with Gasteiger partial charge in [-0.1, -0.05) is 48.0 Å². The van der Waals surface area contributed by atoms with Crippen molar-refractivity contribution in [3.05, 3.63) is 65.2 Å². The number of nitrogens with one attached hydrogen (secondary N) is 2. The van der Waals surface area contributed by atoms with E-state index in [2.05, 4.69) is 16.7 Å². The summed E-state index contributed by atoms with van der Waals surface area (Å²) in [6.45, 7) is 6.24. The molecular formula is C19H22N2O2S. The molecule has 0 bridgehead atoms. The smallest absolute Gasteiger partial charge is 0.321 e. The highest BCUT2D eigenvalue weighted by molar-refractivity contribution is 8.00. The summed E-state index contributed by atoms with van der Waals surface area (Å²) in [5.41, 5.74) is 3.31. The summed E-state index contributed by atoms with van der Waals surface area (Å²) >= 11 is 1.45. The average Bonchev–Trinajstić information content (AvgIpc) is 2.56. The lowest BCUT2D eigenvalue weighted by Gasteiger charge is -2.13. The van der Waals surface area contributed by atoms with Crippen LogP contribution in [0.25, 0.3) is 0 Å². The van der Waals surface area contributed by atoms with Crippen molar-refractivity contribution < 1.29 is 9.59 Å². The van der Waals surface area contributed by atoms with Gasteiger partial charge in [-0.2, -0.15) is 0 Å². The third-order valence-corrected chi connectivity index (χ3v) is 4.82. The van der Waals surface area contributed by atoms with Crippen LogP contribution in [-0.2, 0) is 11.3 Å². The largest absolute Gasteiger partial charge is 0.334 e. The van der Waals surface area contributed by atoms with E-state index in [4.69, 9.17) is 0 Å². The molecule has 0 unspecified atom stereocenters. The molecule has 1 atom stereocenters. The number of thioether (sulfide) groups is 1. The maximum atomic E-state index is 12.2.